The third-order valence-electron chi connectivity index (χ3n) is 5.75. The Morgan fingerprint density at radius 2 is 1.21 bits per heavy atom. The summed E-state index contributed by atoms with van der Waals surface area (Å²) in [5.41, 5.74) is 12.5. The van der Waals surface area contributed by atoms with Crippen LogP contribution in [0.4, 0.5) is 0 Å². The normalized spacial score (nSPS) is 13.6. The van der Waals surface area contributed by atoms with Crippen LogP contribution in [0.15, 0.2) is 90.0 Å². The highest BCUT2D eigenvalue weighted by Gasteiger charge is 2.22. The largest absolute Gasteiger partial charge is 0.0769 e. The highest BCUT2D eigenvalue weighted by Crippen LogP contribution is 2.39. The zero-order valence-electron chi connectivity index (χ0n) is 18.0. The fourth-order valence-corrected chi connectivity index (χ4v) is 4.73. The van der Waals surface area contributed by atoms with Crippen LogP contribution in [0.25, 0.3) is 0 Å². The van der Waals surface area contributed by atoms with Crippen molar-refractivity contribution >= 4 is 0 Å². The van der Waals surface area contributed by atoms with Crippen LogP contribution in [0.5, 0.6) is 0 Å². The smallest absolute Gasteiger partial charge is 0.0305 e. The minimum absolute atomic E-state index is 0.316. The molecule has 0 fully saturated rings. The molecule has 0 amide bonds. The molecule has 3 aromatic carbocycles. The van der Waals surface area contributed by atoms with E-state index < -0.39 is 0 Å². The molecule has 0 aromatic heterocycles. The molecule has 0 bridgehead atoms. The number of hydrogen-bond acceptors (Lipinski definition) is 0. The van der Waals surface area contributed by atoms with Crippen LogP contribution in [0, 0.1) is 27.7 Å². The van der Waals surface area contributed by atoms with Crippen molar-refractivity contribution < 1.29 is 0 Å². The summed E-state index contributed by atoms with van der Waals surface area (Å²) in [5, 5.41) is 0. The van der Waals surface area contributed by atoms with Gasteiger partial charge in [-0.1, -0.05) is 107 Å². The maximum Gasteiger partial charge on any atom is 0.0305 e. The maximum absolute atomic E-state index is 2.45. The van der Waals surface area contributed by atoms with Crippen molar-refractivity contribution in [3.63, 3.8) is 0 Å². The Bertz CT molecular complexity index is 988. The first-order valence-corrected chi connectivity index (χ1v) is 10.6. The first kappa shape index (κ1) is 19.5. The van der Waals surface area contributed by atoms with Gasteiger partial charge in [-0.15, -0.1) is 0 Å². The van der Waals surface area contributed by atoms with E-state index in [9.17, 15) is 0 Å². The average molecular weight is 379 g/mol. The van der Waals surface area contributed by atoms with Crippen LogP contribution in [-0.2, 0) is 6.42 Å². The molecule has 0 radical (unpaired) electrons. The Balaban J connectivity index is 1.74. The van der Waals surface area contributed by atoms with Crippen LogP contribution in [0.2, 0.25) is 0 Å². The van der Waals surface area contributed by atoms with Gasteiger partial charge in [0.1, 0.15) is 0 Å². The molecule has 0 atom stereocenters. The SMILES string of the molecule is Cc1cc(C)cc(C(C2=CC(Cc3ccccc3)=CC2)c2cc(C)cc(C)c2)c1. The van der Waals surface area contributed by atoms with Crippen molar-refractivity contribution in [1.29, 1.82) is 0 Å². The summed E-state index contributed by atoms with van der Waals surface area (Å²) in [4.78, 5) is 0. The van der Waals surface area contributed by atoms with Crippen LogP contribution in [-0.4, -0.2) is 0 Å². The number of allylic oxidation sites excluding steroid dienone is 4. The van der Waals surface area contributed by atoms with Gasteiger partial charge in [0, 0.05) is 5.92 Å². The highest BCUT2D eigenvalue weighted by molar-refractivity contribution is 5.50. The molecule has 0 saturated carbocycles. The predicted octanol–water partition coefficient (Wildman–Crippen LogP) is 7.55. The second-order valence-electron chi connectivity index (χ2n) is 8.64. The maximum atomic E-state index is 2.45. The van der Waals surface area contributed by atoms with Gasteiger partial charge in [-0.05, 0) is 62.8 Å². The topological polar surface area (TPSA) is 0 Å². The molecule has 0 saturated heterocycles. The Labute approximate surface area is 175 Å². The second-order valence-corrected chi connectivity index (χ2v) is 8.64. The molecule has 1 aliphatic rings. The van der Waals surface area contributed by atoms with Crippen molar-refractivity contribution in [3.05, 3.63) is 129 Å². The minimum atomic E-state index is 0.316. The molecule has 0 spiro atoms. The number of aryl methyl sites for hydroxylation is 4. The van der Waals surface area contributed by atoms with E-state index in [4.69, 9.17) is 0 Å². The molecular weight excluding hydrogens is 348 g/mol. The van der Waals surface area contributed by atoms with Gasteiger partial charge in [0.25, 0.3) is 0 Å². The predicted molar refractivity (Wildman–Crippen MR) is 125 cm³/mol. The van der Waals surface area contributed by atoms with E-state index >= 15 is 0 Å². The van der Waals surface area contributed by atoms with Gasteiger partial charge in [0.05, 0.1) is 0 Å². The van der Waals surface area contributed by atoms with E-state index in [-0.39, 0.29) is 0 Å². The molecule has 29 heavy (non-hydrogen) atoms. The summed E-state index contributed by atoms with van der Waals surface area (Å²) >= 11 is 0. The van der Waals surface area contributed by atoms with Crippen molar-refractivity contribution in [2.45, 2.75) is 46.5 Å². The summed E-state index contributed by atoms with van der Waals surface area (Å²) < 4.78 is 0. The Morgan fingerprint density at radius 1 is 0.690 bits per heavy atom. The van der Waals surface area contributed by atoms with Gasteiger partial charge in [-0.25, -0.2) is 0 Å². The molecule has 0 nitrogen and oxygen atoms in total. The average Bonchev–Trinajstić information content (AvgIpc) is 3.09. The van der Waals surface area contributed by atoms with Gasteiger partial charge < -0.3 is 0 Å². The van der Waals surface area contributed by atoms with Gasteiger partial charge in [-0.3, -0.25) is 0 Å². The van der Waals surface area contributed by atoms with Gasteiger partial charge >= 0.3 is 0 Å². The van der Waals surface area contributed by atoms with Crippen molar-refractivity contribution in [3.8, 4) is 0 Å². The molecule has 0 heteroatoms. The lowest BCUT2D eigenvalue weighted by Gasteiger charge is -2.22. The van der Waals surface area contributed by atoms with E-state index in [0.717, 1.165) is 12.8 Å². The third-order valence-corrected chi connectivity index (χ3v) is 5.75. The summed E-state index contributed by atoms with van der Waals surface area (Å²) in [6.45, 7) is 8.82. The fraction of sp³-hybridized carbons (Fsp3) is 0.241. The highest BCUT2D eigenvalue weighted by atomic mass is 14.3. The van der Waals surface area contributed by atoms with E-state index in [1.54, 1.807) is 0 Å². The Kier molecular flexibility index (Phi) is 5.53. The van der Waals surface area contributed by atoms with Crippen LogP contribution in [0.3, 0.4) is 0 Å². The fourth-order valence-electron chi connectivity index (χ4n) is 4.73. The number of benzene rings is 3. The Morgan fingerprint density at radius 3 is 1.72 bits per heavy atom. The van der Waals surface area contributed by atoms with Crippen molar-refractivity contribution in [1.82, 2.24) is 0 Å². The lowest BCUT2D eigenvalue weighted by molar-refractivity contribution is 0.911. The number of rotatable bonds is 5. The van der Waals surface area contributed by atoms with Crippen LogP contribution in [0.1, 0.15) is 51.3 Å². The molecule has 4 rings (SSSR count). The Hall–Kier alpha value is -2.86. The van der Waals surface area contributed by atoms with E-state index in [2.05, 4.69) is 107 Å². The van der Waals surface area contributed by atoms with Gasteiger partial charge in [0.15, 0.2) is 0 Å². The summed E-state index contributed by atoms with van der Waals surface area (Å²) in [7, 11) is 0. The van der Waals surface area contributed by atoms with E-state index in [0.29, 0.717) is 5.92 Å². The molecular formula is C29H30. The zero-order valence-corrected chi connectivity index (χ0v) is 18.0. The molecule has 1 aliphatic carbocycles. The zero-order chi connectivity index (χ0) is 20.4. The van der Waals surface area contributed by atoms with E-state index in [1.165, 1.54) is 50.1 Å². The standard InChI is InChI=1S/C29H30/c1-20-12-21(2)15-27(14-20)29(28-16-22(3)13-23(4)17-28)26-11-10-25(19-26)18-24-8-6-5-7-9-24/h5-10,12-17,19,29H,11,18H2,1-4H3. The molecule has 146 valence electrons. The molecule has 3 aromatic rings. The quantitative estimate of drug-likeness (QED) is 0.430. The van der Waals surface area contributed by atoms with Crippen molar-refractivity contribution in [2.75, 3.05) is 0 Å². The first-order chi connectivity index (χ1) is 14.0. The summed E-state index contributed by atoms with van der Waals surface area (Å²) in [6.07, 6.45) is 6.91. The lowest BCUT2D eigenvalue weighted by Crippen LogP contribution is -2.06. The monoisotopic (exact) mass is 378 g/mol. The van der Waals surface area contributed by atoms with Gasteiger partial charge in [-0.2, -0.15) is 0 Å². The van der Waals surface area contributed by atoms with Crippen LogP contribution >= 0.6 is 0 Å². The molecule has 0 heterocycles. The first-order valence-electron chi connectivity index (χ1n) is 10.6. The van der Waals surface area contributed by atoms with Gasteiger partial charge in [0.2, 0.25) is 0 Å². The second kappa shape index (κ2) is 8.25. The third kappa shape index (κ3) is 4.59. The molecule has 0 aliphatic heterocycles. The summed E-state index contributed by atoms with van der Waals surface area (Å²) in [5.74, 6) is 0.316. The molecule has 0 unspecified atom stereocenters. The summed E-state index contributed by atoms with van der Waals surface area (Å²) in [6, 6.07) is 24.8. The van der Waals surface area contributed by atoms with Crippen LogP contribution < -0.4 is 0 Å². The minimum Gasteiger partial charge on any atom is -0.0769 e. The number of hydrogen-bond donors (Lipinski definition) is 0. The van der Waals surface area contributed by atoms with E-state index in [1.807, 2.05) is 0 Å². The van der Waals surface area contributed by atoms with Crippen molar-refractivity contribution in [2.24, 2.45) is 0 Å². The lowest BCUT2D eigenvalue weighted by atomic mass is 9.82. The molecule has 0 N–H and O–H groups in total.